The molecule has 0 saturated carbocycles. The lowest BCUT2D eigenvalue weighted by atomic mass is 9.86. The molecule has 0 radical (unpaired) electrons. The Morgan fingerprint density at radius 1 is 0.812 bits per heavy atom. The average molecular weight is 424 g/mol. The zero-order valence-electron chi connectivity index (χ0n) is 18.7. The van der Waals surface area contributed by atoms with Crippen LogP contribution in [-0.4, -0.2) is 0 Å². The van der Waals surface area contributed by atoms with Gasteiger partial charge >= 0.3 is 5.63 Å². The fourth-order valence-corrected chi connectivity index (χ4v) is 4.05. The van der Waals surface area contributed by atoms with Crippen LogP contribution in [0.2, 0.25) is 0 Å². The molecule has 0 aliphatic rings. The number of rotatable bonds is 3. The fraction of sp³-hybridized carbons (Fsp3) is 0.179. The van der Waals surface area contributed by atoms with Crippen molar-refractivity contribution >= 4 is 33.5 Å². The lowest BCUT2D eigenvalue weighted by Crippen LogP contribution is -2.10. The van der Waals surface area contributed by atoms with Gasteiger partial charge in [0.2, 0.25) is 5.88 Å². The largest absolute Gasteiger partial charge is 0.439 e. The van der Waals surface area contributed by atoms with E-state index in [0.717, 1.165) is 22.2 Å². The standard InChI is InChI=1S/C28H25NO3/c1-17-9-5-7-11-21(17)29-26-23(18-13-15-19(16-14-18)28(2,3)4)24-25(32-26)20-10-6-8-12-22(20)31-27(24)30/h5-16,29H,1-4H3. The Bertz CT molecular complexity index is 1500. The summed E-state index contributed by atoms with van der Waals surface area (Å²) in [5.41, 5.74) is 5.51. The maximum atomic E-state index is 13.1. The van der Waals surface area contributed by atoms with Crippen LogP contribution in [0.1, 0.15) is 31.9 Å². The molecule has 5 rings (SSSR count). The summed E-state index contributed by atoms with van der Waals surface area (Å²) in [4.78, 5) is 13.1. The van der Waals surface area contributed by atoms with Gasteiger partial charge in [0.05, 0.1) is 10.9 Å². The van der Waals surface area contributed by atoms with Crippen molar-refractivity contribution in [2.24, 2.45) is 0 Å². The highest BCUT2D eigenvalue weighted by Gasteiger charge is 2.23. The third-order valence-electron chi connectivity index (χ3n) is 5.88. The molecular formula is C28H25NO3. The van der Waals surface area contributed by atoms with E-state index in [-0.39, 0.29) is 5.41 Å². The normalized spacial score (nSPS) is 11.9. The quantitative estimate of drug-likeness (QED) is 0.304. The number of benzene rings is 3. The maximum absolute atomic E-state index is 13.1. The molecule has 160 valence electrons. The van der Waals surface area contributed by atoms with Gasteiger partial charge in [-0.15, -0.1) is 0 Å². The Labute approximate surface area is 186 Å². The van der Waals surface area contributed by atoms with Crippen molar-refractivity contribution in [2.75, 3.05) is 5.32 Å². The summed E-state index contributed by atoms with van der Waals surface area (Å²) >= 11 is 0. The molecule has 4 nitrogen and oxygen atoms in total. The number of hydrogen-bond donors (Lipinski definition) is 1. The molecule has 0 spiro atoms. The number of fused-ring (bicyclic) bond motifs is 3. The molecule has 2 heterocycles. The first-order valence-corrected chi connectivity index (χ1v) is 10.7. The van der Waals surface area contributed by atoms with E-state index in [4.69, 9.17) is 8.83 Å². The molecule has 0 unspecified atom stereocenters. The number of anilines is 2. The molecule has 1 N–H and O–H groups in total. The van der Waals surface area contributed by atoms with Gasteiger partial charge in [-0.25, -0.2) is 4.79 Å². The van der Waals surface area contributed by atoms with E-state index >= 15 is 0 Å². The summed E-state index contributed by atoms with van der Waals surface area (Å²) in [6.45, 7) is 8.58. The molecule has 0 aliphatic carbocycles. The number of nitrogens with one attached hydrogen (secondary N) is 1. The van der Waals surface area contributed by atoms with E-state index in [1.807, 2.05) is 61.5 Å². The van der Waals surface area contributed by atoms with Gasteiger partial charge in [0.15, 0.2) is 5.58 Å². The number of para-hydroxylation sites is 2. The summed E-state index contributed by atoms with van der Waals surface area (Å²) in [6.07, 6.45) is 0. The van der Waals surface area contributed by atoms with Gasteiger partial charge in [-0.3, -0.25) is 0 Å². The zero-order valence-corrected chi connectivity index (χ0v) is 18.7. The number of furan rings is 1. The van der Waals surface area contributed by atoms with Crippen molar-refractivity contribution < 1.29 is 8.83 Å². The van der Waals surface area contributed by atoms with Crippen molar-refractivity contribution in [1.29, 1.82) is 0 Å². The van der Waals surface area contributed by atoms with Gasteiger partial charge in [0.25, 0.3) is 0 Å². The van der Waals surface area contributed by atoms with Crippen molar-refractivity contribution in [3.8, 4) is 11.1 Å². The third-order valence-corrected chi connectivity index (χ3v) is 5.88. The maximum Gasteiger partial charge on any atom is 0.348 e. The topological polar surface area (TPSA) is 55.4 Å². The van der Waals surface area contributed by atoms with Crippen molar-refractivity contribution in [3.05, 3.63) is 94.3 Å². The Balaban J connectivity index is 1.80. The number of hydrogen-bond acceptors (Lipinski definition) is 4. The lowest BCUT2D eigenvalue weighted by Gasteiger charge is -2.19. The Kier molecular flexibility index (Phi) is 4.66. The summed E-state index contributed by atoms with van der Waals surface area (Å²) in [7, 11) is 0. The van der Waals surface area contributed by atoms with Gasteiger partial charge in [0, 0.05) is 5.69 Å². The fourth-order valence-electron chi connectivity index (χ4n) is 4.05. The highest BCUT2D eigenvalue weighted by atomic mass is 16.4. The molecule has 0 amide bonds. The Morgan fingerprint density at radius 3 is 2.22 bits per heavy atom. The molecule has 0 fully saturated rings. The summed E-state index contributed by atoms with van der Waals surface area (Å²) in [5.74, 6) is 0.529. The van der Waals surface area contributed by atoms with Gasteiger partial charge in [0.1, 0.15) is 11.0 Å². The van der Waals surface area contributed by atoms with E-state index < -0.39 is 5.63 Å². The predicted molar refractivity (Wildman–Crippen MR) is 131 cm³/mol. The third kappa shape index (κ3) is 3.38. The van der Waals surface area contributed by atoms with Crippen molar-refractivity contribution in [1.82, 2.24) is 0 Å². The lowest BCUT2D eigenvalue weighted by molar-refractivity contribution is 0.566. The Hall–Kier alpha value is -3.79. The van der Waals surface area contributed by atoms with Crippen molar-refractivity contribution in [2.45, 2.75) is 33.1 Å². The van der Waals surface area contributed by atoms with E-state index in [2.05, 4.69) is 38.2 Å². The van der Waals surface area contributed by atoms with Crippen LogP contribution >= 0.6 is 0 Å². The second-order valence-electron chi connectivity index (χ2n) is 9.16. The smallest absolute Gasteiger partial charge is 0.348 e. The van der Waals surface area contributed by atoms with Gasteiger partial charge < -0.3 is 14.2 Å². The van der Waals surface area contributed by atoms with Gasteiger partial charge in [-0.1, -0.05) is 75.4 Å². The van der Waals surface area contributed by atoms with Crippen LogP contribution in [0.3, 0.4) is 0 Å². The molecule has 0 aliphatic heterocycles. The molecular weight excluding hydrogens is 398 g/mol. The van der Waals surface area contributed by atoms with E-state index in [1.165, 1.54) is 5.56 Å². The summed E-state index contributed by atoms with van der Waals surface area (Å²) < 4.78 is 12.0. The molecule has 0 bridgehead atoms. The second-order valence-corrected chi connectivity index (χ2v) is 9.16. The van der Waals surface area contributed by atoms with Crippen LogP contribution in [-0.2, 0) is 5.41 Å². The molecule has 3 aromatic carbocycles. The minimum Gasteiger partial charge on any atom is -0.439 e. The van der Waals surface area contributed by atoms with Gasteiger partial charge in [-0.2, -0.15) is 0 Å². The van der Waals surface area contributed by atoms with Crippen LogP contribution in [0.25, 0.3) is 33.1 Å². The first-order chi connectivity index (χ1) is 15.3. The molecule has 32 heavy (non-hydrogen) atoms. The molecule has 2 aromatic heterocycles. The monoisotopic (exact) mass is 423 g/mol. The molecule has 0 saturated heterocycles. The highest BCUT2D eigenvalue weighted by Crippen LogP contribution is 2.41. The molecule has 4 heteroatoms. The minimum absolute atomic E-state index is 0.0362. The summed E-state index contributed by atoms with van der Waals surface area (Å²) in [6, 6.07) is 23.7. The average Bonchev–Trinajstić information content (AvgIpc) is 3.15. The van der Waals surface area contributed by atoms with Crippen molar-refractivity contribution in [3.63, 3.8) is 0 Å². The Morgan fingerprint density at radius 2 is 1.50 bits per heavy atom. The van der Waals surface area contributed by atoms with Crippen LogP contribution < -0.4 is 10.9 Å². The van der Waals surface area contributed by atoms with Crippen LogP contribution in [0.5, 0.6) is 0 Å². The van der Waals surface area contributed by atoms with Crippen LogP contribution in [0.4, 0.5) is 11.6 Å². The van der Waals surface area contributed by atoms with E-state index in [9.17, 15) is 4.79 Å². The van der Waals surface area contributed by atoms with Gasteiger partial charge in [-0.05, 0) is 47.2 Å². The van der Waals surface area contributed by atoms with E-state index in [0.29, 0.717) is 28.0 Å². The minimum atomic E-state index is -0.407. The highest BCUT2D eigenvalue weighted by molar-refractivity contribution is 6.10. The predicted octanol–water partition coefficient (Wildman–Crippen LogP) is 7.56. The zero-order chi connectivity index (χ0) is 22.5. The summed E-state index contributed by atoms with van der Waals surface area (Å²) in [5, 5.41) is 4.64. The SMILES string of the molecule is Cc1ccccc1Nc1oc2c(c1-c1ccc(C(C)(C)C)cc1)c(=O)oc1ccccc12. The first-order valence-electron chi connectivity index (χ1n) is 10.7. The first kappa shape index (κ1) is 20.1. The van der Waals surface area contributed by atoms with E-state index in [1.54, 1.807) is 6.07 Å². The molecule has 5 aromatic rings. The number of aryl methyl sites for hydroxylation is 1. The van der Waals surface area contributed by atoms with Crippen LogP contribution in [0.15, 0.2) is 86.4 Å². The van der Waals surface area contributed by atoms with Crippen LogP contribution in [0, 0.1) is 6.92 Å². The second kappa shape index (κ2) is 7.41. The molecule has 0 atom stereocenters.